The number of allylic oxidation sites excluding steroid dienone is 1. The molecule has 0 heterocycles. The third-order valence-electron chi connectivity index (χ3n) is 21.8. The molecular formula is C104H101O5S5+5. The molecule has 0 saturated heterocycles. The average Bonchev–Trinajstić information content (AvgIpc) is 0.738. The van der Waals surface area contributed by atoms with Crippen LogP contribution in [-0.2, 0) is 68.9 Å². The van der Waals surface area contributed by atoms with Crippen LogP contribution >= 0.6 is 0 Å². The summed E-state index contributed by atoms with van der Waals surface area (Å²) in [5, 5.41) is 2.27. The van der Waals surface area contributed by atoms with Crippen LogP contribution in [0.1, 0.15) is 91.3 Å². The minimum Gasteiger partial charge on any atom is -0.294 e. The van der Waals surface area contributed by atoms with Crippen molar-refractivity contribution in [3.05, 3.63) is 400 Å². The summed E-state index contributed by atoms with van der Waals surface area (Å²) in [5.74, 6) is 7.16. The van der Waals surface area contributed by atoms with E-state index in [4.69, 9.17) is 0 Å². The number of carbonyl (C=O) groups is 5. The predicted molar refractivity (Wildman–Crippen MR) is 480 cm³/mol. The molecule has 5 saturated carbocycles. The minimum absolute atomic E-state index is 0.0174. The van der Waals surface area contributed by atoms with E-state index in [0.29, 0.717) is 46.2 Å². The predicted octanol–water partition coefficient (Wildman–Crippen LogP) is 24.2. The van der Waals surface area contributed by atoms with E-state index >= 15 is 0 Å². The fraction of sp³-hybridized carbons (Fsp3) is 0.202. The zero-order valence-corrected chi connectivity index (χ0v) is 68.9. The third kappa shape index (κ3) is 22.9. The molecule has 13 aromatic carbocycles. The molecule has 0 radical (unpaired) electrons. The van der Waals surface area contributed by atoms with Crippen LogP contribution in [0, 0.1) is 29.1 Å². The lowest BCUT2D eigenvalue weighted by atomic mass is 9.48. The van der Waals surface area contributed by atoms with Gasteiger partial charge >= 0.3 is 0 Å². The van der Waals surface area contributed by atoms with Gasteiger partial charge < -0.3 is 0 Å². The number of hydrogen-bond acceptors (Lipinski definition) is 5. The molecule has 4 bridgehead atoms. The van der Waals surface area contributed by atoms with Gasteiger partial charge in [0.05, 0.1) is 54.5 Å². The van der Waals surface area contributed by atoms with Gasteiger partial charge in [-0.15, -0.1) is 0 Å². The van der Waals surface area contributed by atoms with Crippen molar-refractivity contribution in [2.75, 3.05) is 28.8 Å². The van der Waals surface area contributed by atoms with Gasteiger partial charge in [-0.2, -0.15) is 0 Å². The lowest BCUT2D eigenvalue weighted by Crippen LogP contribution is -2.51. The monoisotopic (exact) mass is 1590 g/mol. The van der Waals surface area contributed by atoms with E-state index in [0.717, 1.165) is 52.5 Å². The molecule has 572 valence electrons. The van der Waals surface area contributed by atoms with Crippen LogP contribution in [-0.4, -0.2) is 57.7 Å². The fourth-order valence-corrected chi connectivity index (χ4v) is 26.6. The minimum atomic E-state index is -0.265. The first kappa shape index (κ1) is 82.0. The lowest BCUT2D eigenvalue weighted by molar-refractivity contribution is -0.141. The van der Waals surface area contributed by atoms with Crippen molar-refractivity contribution in [3.8, 4) is 0 Å². The van der Waals surface area contributed by atoms with Crippen molar-refractivity contribution >= 4 is 94.2 Å². The molecular weight excluding hydrogens is 1490 g/mol. The Morgan fingerprint density at radius 1 is 0.289 bits per heavy atom. The van der Waals surface area contributed by atoms with Gasteiger partial charge in [-0.25, -0.2) is 0 Å². The van der Waals surface area contributed by atoms with Gasteiger partial charge in [0.2, 0.25) is 17.3 Å². The van der Waals surface area contributed by atoms with Crippen molar-refractivity contribution in [1.29, 1.82) is 0 Å². The number of ketones is 5. The Morgan fingerprint density at radius 2 is 0.561 bits per heavy atom. The maximum atomic E-state index is 13.7. The highest BCUT2D eigenvalue weighted by Crippen LogP contribution is 2.60. The smallest absolute Gasteiger partial charge is 0.212 e. The molecule has 0 aliphatic heterocycles. The first-order chi connectivity index (χ1) is 56.0. The number of benzene rings is 13. The summed E-state index contributed by atoms with van der Waals surface area (Å²) >= 11 is 0. The number of hydrogen-bond donors (Lipinski definition) is 0. The Balaban J connectivity index is 0.000000125. The molecule has 0 unspecified atom stereocenters. The molecule has 0 aromatic heterocycles. The van der Waals surface area contributed by atoms with Crippen molar-refractivity contribution in [2.45, 2.75) is 120 Å². The maximum absolute atomic E-state index is 13.7. The van der Waals surface area contributed by atoms with Crippen molar-refractivity contribution in [3.63, 3.8) is 0 Å². The zero-order chi connectivity index (χ0) is 78.5. The van der Waals surface area contributed by atoms with Crippen LogP contribution in [0.15, 0.2) is 438 Å². The number of Topliss-reactive ketones (excluding diaryl/α,β-unsaturated/α-hetero) is 4. The SMILES string of the molecule is C=CC(=O)C[S+](c1ccccc1)c1ccccc1.O=C(C[S+](c1ccccc1)c1ccccc1)C12CC3CC(CC(C3)C1)C2.O=C(C[S+](c1ccccc1)c1ccccc1)C1CCCCC1.O=C(C[S+](c1ccccc1)c1ccccc1)c1ccc2ccccc2c1.O=C(C[S+](c1ccccc1)c1ccccc1)c1ccccc1. The van der Waals surface area contributed by atoms with Crippen LogP contribution in [0.5, 0.6) is 0 Å². The van der Waals surface area contributed by atoms with E-state index in [-0.39, 0.29) is 77.2 Å². The largest absolute Gasteiger partial charge is 0.294 e. The Morgan fingerprint density at radius 3 is 0.886 bits per heavy atom. The Bertz CT molecular complexity index is 4910. The van der Waals surface area contributed by atoms with E-state index in [1.54, 1.807) is 0 Å². The van der Waals surface area contributed by atoms with Crippen LogP contribution in [0.25, 0.3) is 10.8 Å². The second kappa shape index (κ2) is 42.4. The second-order valence-electron chi connectivity index (χ2n) is 29.7. The third-order valence-corrected chi connectivity index (χ3v) is 33.0. The van der Waals surface area contributed by atoms with Gasteiger partial charge in [0.1, 0.15) is 0 Å². The van der Waals surface area contributed by atoms with Gasteiger partial charge in [-0.1, -0.05) is 275 Å². The first-order valence-corrected chi connectivity index (χ1v) is 46.9. The van der Waals surface area contributed by atoms with Crippen molar-refractivity contribution < 1.29 is 24.0 Å². The molecule has 0 atom stereocenters. The number of rotatable bonds is 25. The Hall–Kier alpha value is -10.0. The van der Waals surface area contributed by atoms with Gasteiger partial charge in [0.15, 0.2) is 89.3 Å². The highest BCUT2D eigenvalue weighted by Gasteiger charge is 2.56. The van der Waals surface area contributed by atoms with Crippen LogP contribution in [0.3, 0.4) is 0 Å². The average molecular weight is 1590 g/mol. The van der Waals surface area contributed by atoms with E-state index in [2.05, 4.69) is 201 Å². The number of fused-ring (bicyclic) bond motifs is 1. The van der Waals surface area contributed by atoms with E-state index in [9.17, 15) is 24.0 Å². The summed E-state index contributed by atoms with van der Waals surface area (Å²) in [6, 6.07) is 128. The Kier molecular flexibility index (Phi) is 30.5. The van der Waals surface area contributed by atoms with Crippen LogP contribution < -0.4 is 0 Å². The molecule has 18 rings (SSSR count). The molecule has 10 heteroatoms. The van der Waals surface area contributed by atoms with E-state index in [1.165, 1.54) is 113 Å². The van der Waals surface area contributed by atoms with E-state index in [1.807, 2.05) is 182 Å². The normalized spacial score (nSPS) is 16.6. The first-order valence-electron chi connectivity index (χ1n) is 39.9. The summed E-state index contributed by atoms with van der Waals surface area (Å²) in [6.07, 6.45) is 15.1. The summed E-state index contributed by atoms with van der Waals surface area (Å²) < 4.78 is 0. The molecule has 5 nitrogen and oxygen atoms in total. The summed E-state index contributed by atoms with van der Waals surface area (Å²) in [5.41, 5.74) is 1.59. The molecule has 0 amide bonds. The molecule has 5 aliphatic carbocycles. The van der Waals surface area contributed by atoms with Crippen molar-refractivity contribution in [2.24, 2.45) is 29.1 Å². The van der Waals surface area contributed by atoms with Gasteiger partial charge in [-0.05, 0) is 213 Å². The van der Waals surface area contributed by atoms with Gasteiger partial charge in [0, 0.05) is 22.5 Å². The molecule has 13 aromatic rings. The van der Waals surface area contributed by atoms with Crippen LogP contribution in [0.4, 0.5) is 0 Å². The number of carbonyl (C=O) groups excluding carboxylic acids is 5. The molecule has 0 N–H and O–H groups in total. The van der Waals surface area contributed by atoms with Crippen molar-refractivity contribution in [1.82, 2.24) is 0 Å². The summed E-state index contributed by atoms with van der Waals surface area (Å²) in [6.45, 7) is 3.56. The fourth-order valence-electron chi connectivity index (χ4n) is 16.4. The zero-order valence-electron chi connectivity index (χ0n) is 64.8. The molecule has 0 spiro atoms. The quantitative estimate of drug-likeness (QED) is 0.0323. The van der Waals surface area contributed by atoms with E-state index < -0.39 is 0 Å². The highest BCUT2D eigenvalue weighted by molar-refractivity contribution is 7.99. The highest BCUT2D eigenvalue weighted by atomic mass is 32.2. The summed E-state index contributed by atoms with van der Waals surface area (Å²) in [4.78, 5) is 76.1. The van der Waals surface area contributed by atoms with Gasteiger partial charge in [0.25, 0.3) is 0 Å². The molecule has 5 aliphatic rings. The Labute approximate surface area is 690 Å². The molecule has 114 heavy (non-hydrogen) atoms. The topological polar surface area (TPSA) is 85.3 Å². The standard InChI is InChI=1S/C24H27OS.C24H19OS.C20H23OS.C20H17OS.C16H15OS/c25-23(24-14-18-11-19(15-24)13-20(12-18)16-24)17-26(21-7-3-1-4-8-21)22-9-5-2-6-10-22;25-24(21-16-15-19-9-7-8-10-20(19)17-21)18-26(22-11-3-1-4-12-22)23-13-5-2-6-14-23;2*21-20(17-10-4-1-5-11-17)16-22(18-12-6-2-7-13-18)19-14-8-3-9-15-19;1-2-14(17)13-18(15-9-5-3-6-10-15)16-11-7-4-8-12-16/h1-10,18-20H,11-17H2;1-17H,18H2;2-3,6-9,12-15,17H,1,4-5,10-11,16H2;1-15H,16H2;2-12H,1,13H2/q5*+1. The van der Waals surface area contributed by atoms with Crippen LogP contribution in [0.2, 0.25) is 0 Å². The second-order valence-corrected chi connectivity index (χ2v) is 39.7. The maximum Gasteiger partial charge on any atom is 0.212 e. The lowest BCUT2D eigenvalue weighted by Gasteiger charge is -2.55. The molecule has 5 fully saturated rings. The van der Waals surface area contributed by atoms with Gasteiger partial charge in [-0.3, -0.25) is 24.0 Å². The summed E-state index contributed by atoms with van der Waals surface area (Å²) in [7, 11) is -0.975.